The van der Waals surface area contributed by atoms with Gasteiger partial charge in [0, 0.05) is 25.4 Å². The molecule has 0 radical (unpaired) electrons. The van der Waals surface area contributed by atoms with Gasteiger partial charge in [0.05, 0.1) is 6.10 Å². The van der Waals surface area contributed by atoms with Crippen LogP contribution in [0.25, 0.3) is 11.3 Å². The SMILES string of the molecule is CCOC1CCCN(C(=O)c2ccc(-c3ccccc3)[nH]c2=O)C1. The predicted molar refractivity (Wildman–Crippen MR) is 93.1 cm³/mol. The highest BCUT2D eigenvalue weighted by Gasteiger charge is 2.26. The Hall–Kier alpha value is -2.40. The maximum Gasteiger partial charge on any atom is 0.261 e. The zero-order valence-corrected chi connectivity index (χ0v) is 13.8. The normalized spacial score (nSPS) is 17.7. The van der Waals surface area contributed by atoms with Crippen LogP contribution in [0.5, 0.6) is 0 Å². The molecule has 3 rings (SSSR count). The van der Waals surface area contributed by atoms with Crippen molar-refractivity contribution < 1.29 is 9.53 Å². The van der Waals surface area contributed by atoms with Gasteiger partial charge in [-0.15, -0.1) is 0 Å². The average molecular weight is 326 g/mol. The molecule has 1 fully saturated rings. The Bertz CT molecular complexity index is 753. The van der Waals surface area contributed by atoms with Gasteiger partial charge in [-0.1, -0.05) is 30.3 Å². The predicted octanol–water partition coefficient (Wildman–Crippen LogP) is 2.68. The van der Waals surface area contributed by atoms with Crippen molar-refractivity contribution in [2.75, 3.05) is 19.7 Å². The summed E-state index contributed by atoms with van der Waals surface area (Å²) < 4.78 is 5.63. The minimum atomic E-state index is -0.347. The fourth-order valence-electron chi connectivity index (χ4n) is 3.09. The second kappa shape index (κ2) is 7.45. The molecule has 1 aliphatic heterocycles. The number of benzene rings is 1. The molecule has 1 aromatic carbocycles. The van der Waals surface area contributed by atoms with Crippen LogP contribution in [-0.2, 0) is 4.74 Å². The van der Waals surface area contributed by atoms with Crippen molar-refractivity contribution in [1.82, 2.24) is 9.88 Å². The highest BCUT2D eigenvalue weighted by molar-refractivity contribution is 5.94. The van der Waals surface area contributed by atoms with Crippen LogP contribution in [0.2, 0.25) is 0 Å². The van der Waals surface area contributed by atoms with E-state index in [0.29, 0.717) is 25.4 Å². The molecule has 1 amide bonds. The quantitative estimate of drug-likeness (QED) is 0.939. The minimum Gasteiger partial charge on any atom is -0.377 e. The molecular formula is C19H22N2O3. The molecule has 2 aromatic rings. The van der Waals surface area contributed by atoms with E-state index in [1.54, 1.807) is 17.0 Å². The largest absolute Gasteiger partial charge is 0.377 e. The number of carbonyl (C=O) groups is 1. The van der Waals surface area contributed by atoms with Crippen molar-refractivity contribution >= 4 is 5.91 Å². The number of aromatic amines is 1. The van der Waals surface area contributed by atoms with Gasteiger partial charge >= 0.3 is 0 Å². The number of carbonyl (C=O) groups excluding carboxylic acids is 1. The van der Waals surface area contributed by atoms with Crippen LogP contribution < -0.4 is 5.56 Å². The number of nitrogens with one attached hydrogen (secondary N) is 1. The zero-order chi connectivity index (χ0) is 16.9. The number of nitrogens with zero attached hydrogens (tertiary/aromatic N) is 1. The van der Waals surface area contributed by atoms with E-state index in [0.717, 1.165) is 18.4 Å². The van der Waals surface area contributed by atoms with Gasteiger partial charge in [0.1, 0.15) is 5.56 Å². The highest BCUT2D eigenvalue weighted by Crippen LogP contribution is 2.17. The first-order valence-corrected chi connectivity index (χ1v) is 8.38. The van der Waals surface area contributed by atoms with Crippen LogP contribution >= 0.6 is 0 Å². The van der Waals surface area contributed by atoms with E-state index < -0.39 is 0 Å². The van der Waals surface area contributed by atoms with Crippen molar-refractivity contribution in [2.45, 2.75) is 25.9 Å². The molecule has 0 aliphatic carbocycles. The van der Waals surface area contributed by atoms with Gasteiger partial charge in [-0.3, -0.25) is 9.59 Å². The number of pyridine rings is 1. The lowest BCUT2D eigenvalue weighted by Crippen LogP contribution is -2.44. The summed E-state index contributed by atoms with van der Waals surface area (Å²) in [4.78, 5) is 29.6. The molecule has 1 unspecified atom stereocenters. The van der Waals surface area contributed by atoms with Gasteiger partial charge < -0.3 is 14.6 Å². The summed E-state index contributed by atoms with van der Waals surface area (Å²) in [5.41, 5.74) is 1.47. The second-order valence-corrected chi connectivity index (χ2v) is 5.95. The molecule has 0 spiro atoms. The summed E-state index contributed by atoms with van der Waals surface area (Å²) in [6, 6.07) is 13.0. The van der Waals surface area contributed by atoms with Crippen molar-refractivity contribution in [2.24, 2.45) is 0 Å². The number of ether oxygens (including phenoxy) is 1. The molecule has 0 bridgehead atoms. The van der Waals surface area contributed by atoms with Crippen molar-refractivity contribution in [3.05, 3.63) is 58.4 Å². The number of H-pyrrole nitrogens is 1. The third kappa shape index (κ3) is 3.57. The van der Waals surface area contributed by atoms with Crippen LogP contribution in [-0.4, -0.2) is 41.6 Å². The van der Waals surface area contributed by atoms with E-state index in [4.69, 9.17) is 4.74 Å². The Morgan fingerprint density at radius 3 is 2.75 bits per heavy atom. The van der Waals surface area contributed by atoms with E-state index in [-0.39, 0.29) is 23.1 Å². The molecule has 24 heavy (non-hydrogen) atoms. The summed E-state index contributed by atoms with van der Waals surface area (Å²) in [5.74, 6) is -0.222. The molecule has 126 valence electrons. The van der Waals surface area contributed by atoms with E-state index in [1.165, 1.54) is 0 Å². The Labute approximate surface area is 141 Å². The highest BCUT2D eigenvalue weighted by atomic mass is 16.5. The van der Waals surface area contributed by atoms with Gasteiger partial charge in [-0.25, -0.2) is 0 Å². The zero-order valence-electron chi connectivity index (χ0n) is 13.8. The number of likely N-dealkylation sites (tertiary alicyclic amines) is 1. The molecule has 1 saturated heterocycles. The second-order valence-electron chi connectivity index (χ2n) is 5.95. The lowest BCUT2D eigenvalue weighted by Gasteiger charge is -2.32. The van der Waals surface area contributed by atoms with E-state index in [9.17, 15) is 9.59 Å². The molecule has 1 atom stereocenters. The lowest BCUT2D eigenvalue weighted by atomic mass is 10.1. The lowest BCUT2D eigenvalue weighted by molar-refractivity contribution is 0.00718. The fraction of sp³-hybridized carbons (Fsp3) is 0.368. The number of piperidine rings is 1. The Kier molecular flexibility index (Phi) is 5.11. The maximum atomic E-state index is 12.7. The van der Waals surface area contributed by atoms with Gasteiger partial charge in [-0.2, -0.15) is 0 Å². The topological polar surface area (TPSA) is 62.4 Å². The average Bonchev–Trinajstić information content (AvgIpc) is 2.62. The van der Waals surface area contributed by atoms with Crippen LogP contribution in [0.4, 0.5) is 0 Å². The standard InChI is InChI=1S/C19H22N2O3/c1-2-24-15-9-6-12-21(13-15)19(23)16-10-11-17(20-18(16)22)14-7-4-3-5-8-14/h3-5,7-8,10-11,15H,2,6,9,12-13H2,1H3,(H,20,22). The van der Waals surface area contributed by atoms with Crippen LogP contribution in [0.1, 0.15) is 30.1 Å². The number of rotatable bonds is 4. The smallest absolute Gasteiger partial charge is 0.261 e. The van der Waals surface area contributed by atoms with Crippen LogP contribution in [0.3, 0.4) is 0 Å². The van der Waals surface area contributed by atoms with Crippen LogP contribution in [0, 0.1) is 0 Å². The first-order valence-electron chi connectivity index (χ1n) is 8.38. The fourth-order valence-corrected chi connectivity index (χ4v) is 3.09. The van der Waals surface area contributed by atoms with Gasteiger partial charge in [0.25, 0.3) is 11.5 Å². The Balaban J connectivity index is 1.79. The molecule has 0 saturated carbocycles. The maximum absolute atomic E-state index is 12.7. The molecular weight excluding hydrogens is 304 g/mol. The van der Waals surface area contributed by atoms with E-state index >= 15 is 0 Å². The molecule has 1 aliphatic rings. The minimum absolute atomic E-state index is 0.0652. The van der Waals surface area contributed by atoms with E-state index in [2.05, 4.69) is 4.98 Å². The summed E-state index contributed by atoms with van der Waals surface area (Å²) in [7, 11) is 0. The molecule has 5 heteroatoms. The third-order valence-corrected chi connectivity index (χ3v) is 4.29. The third-order valence-electron chi connectivity index (χ3n) is 4.29. The molecule has 1 N–H and O–H groups in total. The van der Waals surface area contributed by atoms with Crippen molar-refractivity contribution in [1.29, 1.82) is 0 Å². The summed E-state index contributed by atoms with van der Waals surface area (Å²) in [6.07, 6.45) is 1.92. The summed E-state index contributed by atoms with van der Waals surface area (Å²) in [6.45, 7) is 3.81. The number of amides is 1. The monoisotopic (exact) mass is 326 g/mol. The van der Waals surface area contributed by atoms with Crippen molar-refractivity contribution in [3.8, 4) is 11.3 Å². The van der Waals surface area contributed by atoms with Crippen LogP contribution in [0.15, 0.2) is 47.3 Å². The molecule has 5 nitrogen and oxygen atoms in total. The summed E-state index contributed by atoms with van der Waals surface area (Å²) in [5, 5.41) is 0. The first-order chi connectivity index (χ1) is 11.7. The summed E-state index contributed by atoms with van der Waals surface area (Å²) >= 11 is 0. The number of hydrogen-bond donors (Lipinski definition) is 1. The van der Waals surface area contributed by atoms with Gasteiger partial charge in [0.15, 0.2) is 0 Å². The molecule has 2 heterocycles. The van der Waals surface area contributed by atoms with Crippen molar-refractivity contribution in [3.63, 3.8) is 0 Å². The number of aromatic nitrogens is 1. The number of hydrogen-bond acceptors (Lipinski definition) is 3. The molecule has 1 aromatic heterocycles. The first kappa shape index (κ1) is 16.5. The van der Waals surface area contributed by atoms with Gasteiger partial charge in [0.2, 0.25) is 0 Å². The van der Waals surface area contributed by atoms with Gasteiger partial charge in [-0.05, 0) is 37.5 Å². The Morgan fingerprint density at radius 1 is 1.25 bits per heavy atom. The van der Waals surface area contributed by atoms with E-state index in [1.807, 2.05) is 37.3 Å². The Morgan fingerprint density at radius 2 is 2.04 bits per heavy atom.